The molecule has 1 aromatic heterocycles. The number of ether oxygens (including phenoxy) is 1. The smallest absolute Gasteiger partial charge is 0.334 e. The Morgan fingerprint density at radius 1 is 1.12 bits per heavy atom. The van der Waals surface area contributed by atoms with Crippen molar-refractivity contribution in [3.05, 3.63) is 65.4 Å². The number of benzene rings is 2. The van der Waals surface area contributed by atoms with Crippen molar-refractivity contribution in [3.8, 4) is 5.75 Å². The molecule has 172 valence electrons. The molecule has 33 heavy (non-hydrogen) atoms. The minimum Gasteiger partial charge on any atom is -0.480 e. The molecule has 1 aliphatic rings. The van der Waals surface area contributed by atoms with Gasteiger partial charge in [-0.2, -0.15) is 0 Å². The first-order chi connectivity index (χ1) is 15.9. The number of hydrogen-bond donors (Lipinski definition) is 4. The zero-order valence-electron chi connectivity index (χ0n) is 18.2. The van der Waals surface area contributed by atoms with Crippen LogP contribution in [0.2, 0.25) is 0 Å². The van der Waals surface area contributed by atoms with E-state index in [2.05, 4.69) is 10.3 Å². The molecule has 4 rings (SSSR count). The Morgan fingerprint density at radius 3 is 2.73 bits per heavy atom. The van der Waals surface area contributed by atoms with Crippen LogP contribution >= 0.6 is 0 Å². The molecule has 2 aromatic carbocycles. The van der Waals surface area contributed by atoms with Gasteiger partial charge in [0.25, 0.3) is 0 Å². The Kier molecular flexibility index (Phi) is 6.74. The van der Waals surface area contributed by atoms with Crippen LogP contribution in [-0.2, 0) is 33.6 Å². The minimum atomic E-state index is -1.17. The van der Waals surface area contributed by atoms with Crippen LogP contribution in [0.4, 0.5) is 0 Å². The second-order valence-corrected chi connectivity index (χ2v) is 8.37. The highest BCUT2D eigenvalue weighted by atomic mass is 16.5. The molecule has 3 aromatic rings. The average molecular weight is 450 g/mol. The number of nitrogens with two attached hydrogens (primary N) is 1. The van der Waals surface area contributed by atoms with Gasteiger partial charge >= 0.3 is 11.9 Å². The standard InChI is InChI=1S/C25H27N3O5/c26-20(24(30)31)10-11-23(29)28-22(13-17-14-27-21-7-2-1-6-19(17)21)25(32)33-18-9-8-15-4-3-5-16(15)12-18/h1-2,6-9,12,14,20,22,27H,3-5,10-11,13,26H2,(H,28,29)(H,30,31)/t20-,22-/m1/s1. The number of H-pyrrole nitrogens is 1. The number of amides is 1. The Labute approximate surface area is 191 Å². The first-order valence-corrected chi connectivity index (χ1v) is 11.1. The summed E-state index contributed by atoms with van der Waals surface area (Å²) in [6, 6.07) is 11.3. The second kappa shape index (κ2) is 9.87. The van der Waals surface area contributed by atoms with Crippen molar-refractivity contribution in [1.29, 1.82) is 0 Å². The van der Waals surface area contributed by atoms with Crippen molar-refractivity contribution in [1.82, 2.24) is 10.3 Å². The van der Waals surface area contributed by atoms with E-state index in [-0.39, 0.29) is 19.3 Å². The number of carbonyl (C=O) groups is 3. The summed E-state index contributed by atoms with van der Waals surface area (Å²) < 4.78 is 5.64. The van der Waals surface area contributed by atoms with Gasteiger partial charge in [0.1, 0.15) is 17.8 Å². The summed E-state index contributed by atoms with van der Waals surface area (Å²) in [6.45, 7) is 0. The zero-order chi connectivity index (χ0) is 23.4. The maximum atomic E-state index is 13.1. The third-order valence-corrected chi connectivity index (χ3v) is 6.01. The van der Waals surface area contributed by atoms with Gasteiger partial charge in [-0.15, -0.1) is 0 Å². The minimum absolute atomic E-state index is 0.0269. The van der Waals surface area contributed by atoms with E-state index in [0.717, 1.165) is 35.7 Å². The average Bonchev–Trinajstić information content (AvgIpc) is 3.43. The van der Waals surface area contributed by atoms with Crippen LogP contribution in [-0.4, -0.2) is 40.0 Å². The Bertz CT molecular complexity index is 1190. The highest BCUT2D eigenvalue weighted by Crippen LogP contribution is 2.26. The number of hydrogen-bond acceptors (Lipinski definition) is 5. The van der Waals surface area contributed by atoms with Crippen molar-refractivity contribution in [2.75, 3.05) is 0 Å². The van der Waals surface area contributed by atoms with Crippen LogP contribution in [0, 0.1) is 0 Å². The number of esters is 1. The lowest BCUT2D eigenvalue weighted by Crippen LogP contribution is -2.45. The number of rotatable bonds is 9. The number of carbonyl (C=O) groups excluding carboxylic acids is 2. The van der Waals surface area contributed by atoms with Crippen LogP contribution in [0.25, 0.3) is 10.9 Å². The van der Waals surface area contributed by atoms with E-state index in [1.807, 2.05) is 42.6 Å². The van der Waals surface area contributed by atoms with Crippen LogP contribution in [0.1, 0.15) is 36.0 Å². The fraction of sp³-hybridized carbons (Fsp3) is 0.320. The summed E-state index contributed by atoms with van der Waals surface area (Å²) in [5, 5.41) is 12.6. The number of carboxylic acids is 1. The summed E-state index contributed by atoms with van der Waals surface area (Å²) in [4.78, 5) is 39.7. The second-order valence-electron chi connectivity index (χ2n) is 8.37. The largest absolute Gasteiger partial charge is 0.480 e. The van der Waals surface area contributed by atoms with Gasteiger partial charge in [0.15, 0.2) is 0 Å². The molecule has 2 atom stereocenters. The van der Waals surface area contributed by atoms with E-state index in [1.165, 1.54) is 11.1 Å². The van der Waals surface area contributed by atoms with Gasteiger partial charge in [0.2, 0.25) is 5.91 Å². The zero-order valence-corrected chi connectivity index (χ0v) is 18.2. The summed E-state index contributed by atoms with van der Waals surface area (Å²) in [5.74, 6) is -1.75. The predicted molar refractivity (Wildman–Crippen MR) is 123 cm³/mol. The molecule has 1 heterocycles. The van der Waals surface area contributed by atoms with E-state index in [9.17, 15) is 14.4 Å². The number of aromatic nitrogens is 1. The highest BCUT2D eigenvalue weighted by molar-refractivity contribution is 5.88. The number of aromatic amines is 1. The normalized spacial score (nSPS) is 14.5. The fourth-order valence-corrected chi connectivity index (χ4v) is 4.19. The molecule has 1 aliphatic carbocycles. The molecule has 8 heteroatoms. The van der Waals surface area contributed by atoms with Gasteiger partial charge in [-0.1, -0.05) is 24.3 Å². The van der Waals surface area contributed by atoms with E-state index < -0.39 is 29.9 Å². The lowest BCUT2D eigenvalue weighted by Gasteiger charge is -2.18. The molecule has 8 nitrogen and oxygen atoms in total. The van der Waals surface area contributed by atoms with Crippen molar-refractivity contribution in [2.24, 2.45) is 5.73 Å². The van der Waals surface area contributed by atoms with Crippen LogP contribution in [0.15, 0.2) is 48.7 Å². The van der Waals surface area contributed by atoms with Gasteiger partial charge in [-0.25, -0.2) is 4.79 Å². The number of aliphatic carboxylic acids is 1. The van der Waals surface area contributed by atoms with Gasteiger partial charge in [-0.3, -0.25) is 9.59 Å². The SMILES string of the molecule is N[C@H](CCC(=O)N[C@H](Cc1c[nH]c2ccccc12)C(=O)Oc1ccc2c(c1)CCC2)C(=O)O. The van der Waals surface area contributed by atoms with E-state index in [0.29, 0.717) is 5.75 Å². The van der Waals surface area contributed by atoms with Gasteiger partial charge in [0.05, 0.1) is 0 Å². The quantitative estimate of drug-likeness (QED) is 0.293. The molecule has 0 unspecified atom stereocenters. The van der Waals surface area contributed by atoms with E-state index >= 15 is 0 Å². The Balaban J connectivity index is 1.50. The van der Waals surface area contributed by atoms with Gasteiger partial charge < -0.3 is 25.9 Å². The molecule has 0 spiro atoms. The first-order valence-electron chi connectivity index (χ1n) is 11.1. The Morgan fingerprint density at radius 2 is 1.91 bits per heavy atom. The number of nitrogens with one attached hydrogen (secondary N) is 2. The van der Waals surface area contributed by atoms with Crippen molar-refractivity contribution in [3.63, 3.8) is 0 Å². The Hall–Kier alpha value is -3.65. The summed E-state index contributed by atoms with van der Waals surface area (Å²) in [7, 11) is 0. The lowest BCUT2D eigenvalue weighted by atomic mass is 10.0. The lowest BCUT2D eigenvalue weighted by molar-refractivity contribution is -0.140. The van der Waals surface area contributed by atoms with Gasteiger partial charge in [0, 0.05) is 29.9 Å². The van der Waals surface area contributed by atoms with Crippen LogP contribution in [0.5, 0.6) is 5.75 Å². The number of carboxylic acid groups (broad SMARTS) is 1. The molecule has 0 fully saturated rings. The number of fused-ring (bicyclic) bond motifs is 2. The third kappa shape index (κ3) is 5.40. The van der Waals surface area contributed by atoms with Crippen LogP contribution in [0.3, 0.4) is 0 Å². The van der Waals surface area contributed by atoms with Crippen LogP contribution < -0.4 is 15.8 Å². The van der Waals surface area contributed by atoms with Crippen molar-refractivity contribution < 1.29 is 24.2 Å². The summed E-state index contributed by atoms with van der Waals surface area (Å²) >= 11 is 0. The fourth-order valence-electron chi connectivity index (χ4n) is 4.19. The maximum Gasteiger partial charge on any atom is 0.334 e. The molecule has 0 aliphatic heterocycles. The molecular weight excluding hydrogens is 422 g/mol. The monoisotopic (exact) mass is 449 g/mol. The molecule has 0 saturated carbocycles. The number of aryl methyl sites for hydroxylation is 2. The number of para-hydroxylation sites is 1. The maximum absolute atomic E-state index is 13.1. The van der Waals surface area contributed by atoms with E-state index in [1.54, 1.807) is 6.07 Å². The topological polar surface area (TPSA) is 135 Å². The summed E-state index contributed by atoms with van der Waals surface area (Å²) in [6.07, 6.45) is 4.98. The summed E-state index contributed by atoms with van der Waals surface area (Å²) in [5.41, 5.74) is 9.74. The highest BCUT2D eigenvalue weighted by Gasteiger charge is 2.26. The molecule has 1 amide bonds. The molecule has 5 N–H and O–H groups in total. The van der Waals surface area contributed by atoms with E-state index in [4.69, 9.17) is 15.6 Å². The molecule has 0 saturated heterocycles. The van der Waals surface area contributed by atoms with Crippen molar-refractivity contribution in [2.45, 2.75) is 50.6 Å². The molecular formula is C25H27N3O5. The van der Waals surface area contributed by atoms with Crippen molar-refractivity contribution >= 4 is 28.7 Å². The molecule has 0 bridgehead atoms. The predicted octanol–water partition coefficient (Wildman–Crippen LogP) is 2.48. The first kappa shape index (κ1) is 22.5. The third-order valence-electron chi connectivity index (χ3n) is 6.01. The molecule has 0 radical (unpaired) electrons. The van der Waals surface area contributed by atoms with Gasteiger partial charge in [-0.05, 0) is 60.6 Å².